The second-order valence-electron chi connectivity index (χ2n) is 6.63. The first kappa shape index (κ1) is 21.8. The van der Waals surface area contributed by atoms with Crippen molar-refractivity contribution in [3.63, 3.8) is 0 Å². The normalized spacial score (nSPS) is 10.9. The fourth-order valence-electron chi connectivity index (χ4n) is 2.79. The van der Waals surface area contributed by atoms with Crippen LogP contribution >= 0.6 is 0 Å². The molecule has 0 spiro atoms. The lowest BCUT2D eigenvalue weighted by molar-refractivity contribution is -0.255. The molecular formula is C22H19N2O6S-. The number of amides is 1. The smallest absolute Gasteiger partial charge is 0.262 e. The number of carboxylic acid groups (broad SMARTS) is 1. The number of ether oxygens (including phenoxy) is 1. The number of aromatic carboxylic acids is 1. The highest BCUT2D eigenvalue weighted by molar-refractivity contribution is 7.92. The highest BCUT2D eigenvalue weighted by Gasteiger charge is 2.19. The molecule has 0 unspecified atom stereocenters. The molecule has 8 nitrogen and oxygen atoms in total. The van der Waals surface area contributed by atoms with Crippen LogP contribution in [0.1, 0.15) is 26.3 Å². The van der Waals surface area contributed by atoms with E-state index in [0.29, 0.717) is 22.7 Å². The van der Waals surface area contributed by atoms with Gasteiger partial charge in [-0.2, -0.15) is 0 Å². The van der Waals surface area contributed by atoms with Gasteiger partial charge in [0.25, 0.3) is 15.9 Å². The van der Waals surface area contributed by atoms with E-state index in [4.69, 9.17) is 4.74 Å². The maximum Gasteiger partial charge on any atom is 0.262 e. The number of hydrogen-bond donors (Lipinski definition) is 2. The molecule has 0 aliphatic carbocycles. The lowest BCUT2D eigenvalue weighted by Gasteiger charge is -2.13. The number of sulfonamides is 1. The standard InChI is InChI=1S/C22H20N2O6S/c1-14-3-4-16(21(25)23-17-7-5-15(6-8-17)22(26)27)13-20(14)31(28,29)24-18-9-11-19(30-2)12-10-18/h3-13,24H,1-2H3,(H,23,25)(H,26,27)/p-1. The third-order valence-corrected chi connectivity index (χ3v) is 5.98. The number of anilines is 2. The molecular weight excluding hydrogens is 420 g/mol. The Kier molecular flexibility index (Phi) is 6.26. The maximum atomic E-state index is 12.9. The SMILES string of the molecule is COc1ccc(NS(=O)(=O)c2cc(C(=O)Nc3ccc(C(=O)[O-])cc3)ccc2C)cc1. The number of nitrogens with one attached hydrogen (secondary N) is 2. The molecule has 0 bridgehead atoms. The minimum absolute atomic E-state index is 0.0219. The molecule has 3 aromatic carbocycles. The van der Waals surface area contributed by atoms with Gasteiger partial charge in [-0.3, -0.25) is 9.52 Å². The van der Waals surface area contributed by atoms with Crippen LogP contribution in [0.2, 0.25) is 0 Å². The van der Waals surface area contributed by atoms with Gasteiger partial charge < -0.3 is 20.0 Å². The molecule has 0 aromatic heterocycles. The Bertz CT molecular complexity index is 1220. The van der Waals surface area contributed by atoms with Gasteiger partial charge in [-0.05, 0) is 66.6 Å². The Hall–Kier alpha value is -3.85. The minimum Gasteiger partial charge on any atom is -0.545 e. The van der Waals surface area contributed by atoms with Gasteiger partial charge in [0.05, 0.1) is 18.0 Å². The highest BCUT2D eigenvalue weighted by Crippen LogP contribution is 2.23. The zero-order valence-corrected chi connectivity index (χ0v) is 17.5. The topological polar surface area (TPSA) is 125 Å². The molecule has 0 radical (unpaired) electrons. The van der Waals surface area contributed by atoms with Crippen molar-refractivity contribution < 1.29 is 27.9 Å². The first-order valence-corrected chi connectivity index (χ1v) is 10.6. The molecule has 2 N–H and O–H groups in total. The van der Waals surface area contributed by atoms with Crippen LogP contribution in [-0.2, 0) is 10.0 Å². The second kappa shape index (κ2) is 8.88. The van der Waals surface area contributed by atoms with E-state index in [0.717, 1.165) is 0 Å². The van der Waals surface area contributed by atoms with E-state index in [1.807, 2.05) is 0 Å². The summed E-state index contributed by atoms with van der Waals surface area (Å²) < 4.78 is 33.3. The highest BCUT2D eigenvalue weighted by atomic mass is 32.2. The Morgan fingerprint density at radius 2 is 1.45 bits per heavy atom. The molecule has 160 valence electrons. The first-order chi connectivity index (χ1) is 14.7. The molecule has 3 aromatic rings. The summed E-state index contributed by atoms with van der Waals surface area (Å²) in [4.78, 5) is 23.4. The van der Waals surface area contributed by atoms with E-state index >= 15 is 0 Å². The third-order valence-electron chi connectivity index (χ3n) is 4.46. The van der Waals surface area contributed by atoms with Crippen LogP contribution in [0.5, 0.6) is 5.75 Å². The summed E-state index contributed by atoms with van der Waals surface area (Å²) in [5.74, 6) is -1.27. The van der Waals surface area contributed by atoms with Crippen molar-refractivity contribution in [2.24, 2.45) is 0 Å². The quantitative estimate of drug-likeness (QED) is 0.583. The predicted octanol–water partition coefficient (Wildman–Crippen LogP) is 2.42. The zero-order chi connectivity index (χ0) is 22.6. The molecule has 0 aliphatic heterocycles. The van der Waals surface area contributed by atoms with E-state index in [9.17, 15) is 23.1 Å². The number of rotatable bonds is 7. The molecule has 0 aliphatic rings. The van der Waals surface area contributed by atoms with E-state index < -0.39 is 21.9 Å². The number of carboxylic acids is 1. The van der Waals surface area contributed by atoms with Crippen LogP contribution in [0.3, 0.4) is 0 Å². The summed E-state index contributed by atoms with van der Waals surface area (Å²) in [6, 6.07) is 16.1. The average molecular weight is 439 g/mol. The Labute approximate surface area is 179 Å². The Morgan fingerprint density at radius 1 is 0.871 bits per heavy atom. The lowest BCUT2D eigenvalue weighted by Crippen LogP contribution is -2.22. The largest absolute Gasteiger partial charge is 0.545 e. The Balaban J connectivity index is 1.82. The number of carbonyl (C=O) groups excluding carboxylic acids is 2. The summed E-state index contributed by atoms with van der Waals surface area (Å²) >= 11 is 0. The molecule has 0 fully saturated rings. The van der Waals surface area contributed by atoms with E-state index in [1.54, 1.807) is 31.2 Å². The number of carbonyl (C=O) groups is 2. The summed E-state index contributed by atoms with van der Waals surface area (Å²) in [7, 11) is -2.44. The summed E-state index contributed by atoms with van der Waals surface area (Å²) in [5.41, 5.74) is 1.28. The number of methoxy groups -OCH3 is 1. The summed E-state index contributed by atoms with van der Waals surface area (Å²) in [6.45, 7) is 1.63. The van der Waals surface area contributed by atoms with E-state index in [1.165, 1.54) is 49.6 Å². The number of benzene rings is 3. The Morgan fingerprint density at radius 3 is 2.03 bits per heavy atom. The number of aryl methyl sites for hydroxylation is 1. The van der Waals surface area contributed by atoms with Gasteiger partial charge in [0, 0.05) is 16.9 Å². The van der Waals surface area contributed by atoms with Gasteiger partial charge >= 0.3 is 0 Å². The zero-order valence-electron chi connectivity index (χ0n) is 16.7. The fraction of sp³-hybridized carbons (Fsp3) is 0.0909. The summed E-state index contributed by atoms with van der Waals surface area (Å²) in [6.07, 6.45) is 0. The molecule has 31 heavy (non-hydrogen) atoms. The first-order valence-electron chi connectivity index (χ1n) is 9.10. The van der Waals surface area contributed by atoms with Crippen molar-refractivity contribution in [3.05, 3.63) is 83.4 Å². The molecule has 9 heteroatoms. The molecule has 0 heterocycles. The van der Waals surface area contributed by atoms with Crippen LogP contribution < -0.4 is 19.9 Å². The van der Waals surface area contributed by atoms with Crippen LogP contribution in [0.4, 0.5) is 11.4 Å². The van der Waals surface area contributed by atoms with E-state index in [2.05, 4.69) is 10.0 Å². The second-order valence-corrected chi connectivity index (χ2v) is 8.28. The van der Waals surface area contributed by atoms with Crippen molar-refractivity contribution in [1.82, 2.24) is 0 Å². The number of hydrogen-bond acceptors (Lipinski definition) is 6. The molecule has 0 saturated carbocycles. The lowest BCUT2D eigenvalue weighted by atomic mass is 10.1. The van der Waals surface area contributed by atoms with Crippen LogP contribution in [0, 0.1) is 6.92 Å². The van der Waals surface area contributed by atoms with Crippen molar-refractivity contribution in [2.45, 2.75) is 11.8 Å². The maximum absolute atomic E-state index is 12.9. The van der Waals surface area contributed by atoms with Gasteiger partial charge in [0.2, 0.25) is 0 Å². The van der Waals surface area contributed by atoms with E-state index in [-0.39, 0.29) is 16.0 Å². The average Bonchev–Trinajstić information content (AvgIpc) is 2.74. The van der Waals surface area contributed by atoms with Crippen LogP contribution in [0.25, 0.3) is 0 Å². The molecule has 1 amide bonds. The van der Waals surface area contributed by atoms with Crippen LogP contribution in [-0.4, -0.2) is 27.4 Å². The van der Waals surface area contributed by atoms with Crippen LogP contribution in [0.15, 0.2) is 71.6 Å². The molecule has 0 saturated heterocycles. The fourth-order valence-corrected chi connectivity index (χ4v) is 4.12. The molecule has 3 rings (SSSR count). The monoisotopic (exact) mass is 439 g/mol. The van der Waals surface area contributed by atoms with Gasteiger partial charge in [-0.15, -0.1) is 0 Å². The van der Waals surface area contributed by atoms with Crippen molar-refractivity contribution >= 4 is 33.3 Å². The van der Waals surface area contributed by atoms with Crippen molar-refractivity contribution in [2.75, 3.05) is 17.1 Å². The van der Waals surface area contributed by atoms with Gasteiger partial charge in [-0.25, -0.2) is 8.42 Å². The van der Waals surface area contributed by atoms with Gasteiger partial charge in [0.1, 0.15) is 5.75 Å². The third kappa shape index (κ3) is 5.20. The van der Waals surface area contributed by atoms with Crippen molar-refractivity contribution in [3.8, 4) is 5.75 Å². The van der Waals surface area contributed by atoms with Gasteiger partial charge in [-0.1, -0.05) is 18.2 Å². The van der Waals surface area contributed by atoms with Gasteiger partial charge in [0.15, 0.2) is 0 Å². The summed E-state index contributed by atoms with van der Waals surface area (Å²) in [5, 5.41) is 13.4. The predicted molar refractivity (Wildman–Crippen MR) is 114 cm³/mol. The van der Waals surface area contributed by atoms with Crippen molar-refractivity contribution in [1.29, 1.82) is 0 Å². The molecule has 0 atom stereocenters. The minimum atomic E-state index is -3.95.